The molecule has 0 unspecified atom stereocenters. The molecule has 1 aliphatic rings. The van der Waals surface area contributed by atoms with Gasteiger partial charge in [0, 0.05) is 38.5 Å². The molecule has 27 heavy (non-hydrogen) atoms. The van der Waals surface area contributed by atoms with Gasteiger partial charge in [-0.3, -0.25) is 14.5 Å². The van der Waals surface area contributed by atoms with Gasteiger partial charge >= 0.3 is 11.9 Å². The minimum Gasteiger partial charge on any atom is -0.481 e. The second-order valence-electron chi connectivity index (χ2n) is 7.59. The van der Waals surface area contributed by atoms with Gasteiger partial charge in [0.1, 0.15) is 0 Å². The molecule has 1 fully saturated rings. The van der Waals surface area contributed by atoms with Crippen LogP contribution in [0.1, 0.15) is 70.6 Å². The van der Waals surface area contributed by atoms with E-state index in [1.165, 1.54) is 19.3 Å². The second kappa shape index (κ2) is 14.8. The normalized spacial score (nSPS) is 14.6. The van der Waals surface area contributed by atoms with E-state index in [-0.39, 0.29) is 19.4 Å². The Balaban J connectivity index is 2.32. The van der Waals surface area contributed by atoms with Gasteiger partial charge in [-0.2, -0.15) is 0 Å². The number of carboxylic acids is 2. The Morgan fingerprint density at radius 2 is 1.30 bits per heavy atom. The average molecular weight is 387 g/mol. The molecule has 0 amide bonds. The summed E-state index contributed by atoms with van der Waals surface area (Å²) in [4.78, 5) is 26.0. The van der Waals surface area contributed by atoms with Crippen LogP contribution >= 0.6 is 0 Å². The molecule has 0 bridgehead atoms. The van der Waals surface area contributed by atoms with Crippen molar-refractivity contribution < 1.29 is 24.9 Å². The third-order valence-electron chi connectivity index (χ3n) is 5.41. The van der Waals surface area contributed by atoms with Gasteiger partial charge in [0.15, 0.2) is 0 Å². The molecule has 0 aromatic carbocycles. The molecule has 0 atom stereocenters. The minimum atomic E-state index is -0.731. The number of carbonyl (C=O) groups is 2. The fraction of sp³-hybridized carbons (Fsp3) is 0.900. The lowest BCUT2D eigenvalue weighted by Gasteiger charge is -2.38. The Hall–Kier alpha value is -1.18. The maximum Gasteiger partial charge on any atom is 0.303 e. The van der Waals surface area contributed by atoms with Crippen LogP contribution in [0.2, 0.25) is 0 Å². The number of aliphatic hydroxyl groups excluding tert-OH is 1. The number of aliphatic carboxylic acids is 2. The second-order valence-corrected chi connectivity index (χ2v) is 7.59. The van der Waals surface area contributed by atoms with Crippen molar-refractivity contribution in [1.82, 2.24) is 9.80 Å². The number of carboxylic acid groups (broad SMARTS) is 2. The van der Waals surface area contributed by atoms with E-state index in [0.29, 0.717) is 6.04 Å². The quantitative estimate of drug-likeness (QED) is 0.311. The van der Waals surface area contributed by atoms with E-state index < -0.39 is 11.9 Å². The summed E-state index contributed by atoms with van der Waals surface area (Å²) in [5, 5.41) is 26.8. The number of unbranched alkanes of at least 4 members (excludes halogenated alkanes) is 4. The molecule has 0 saturated heterocycles. The van der Waals surface area contributed by atoms with E-state index in [1.807, 2.05) is 0 Å². The first-order valence-electron chi connectivity index (χ1n) is 10.5. The summed E-state index contributed by atoms with van der Waals surface area (Å²) in [6, 6.07) is 0.616. The highest BCUT2D eigenvalue weighted by Crippen LogP contribution is 2.24. The van der Waals surface area contributed by atoms with Gasteiger partial charge in [0.25, 0.3) is 0 Å². The van der Waals surface area contributed by atoms with Crippen molar-refractivity contribution in [3.05, 3.63) is 0 Å². The van der Waals surface area contributed by atoms with Crippen LogP contribution < -0.4 is 0 Å². The molecule has 0 aromatic rings. The Kier molecular flexibility index (Phi) is 13.1. The molecule has 1 aliphatic carbocycles. The Labute approximate surface area is 163 Å². The van der Waals surface area contributed by atoms with E-state index in [4.69, 9.17) is 10.2 Å². The Morgan fingerprint density at radius 3 is 1.70 bits per heavy atom. The van der Waals surface area contributed by atoms with Gasteiger partial charge in [-0.25, -0.2) is 0 Å². The van der Waals surface area contributed by atoms with Crippen molar-refractivity contribution in [3.63, 3.8) is 0 Å². The third-order valence-corrected chi connectivity index (χ3v) is 5.41. The molecule has 0 radical (unpaired) electrons. The molecule has 1 rings (SSSR count). The maximum atomic E-state index is 10.6. The summed E-state index contributed by atoms with van der Waals surface area (Å²) >= 11 is 0. The summed E-state index contributed by atoms with van der Waals surface area (Å²) in [6.07, 6.45) is 9.48. The predicted molar refractivity (Wildman–Crippen MR) is 105 cm³/mol. The first kappa shape index (κ1) is 23.9. The fourth-order valence-corrected chi connectivity index (χ4v) is 3.54. The number of hydrogen-bond acceptors (Lipinski definition) is 5. The number of rotatable bonds is 18. The highest BCUT2D eigenvalue weighted by molar-refractivity contribution is 5.66. The van der Waals surface area contributed by atoms with E-state index in [0.717, 1.165) is 71.2 Å². The van der Waals surface area contributed by atoms with Crippen LogP contribution in [-0.2, 0) is 9.59 Å². The van der Waals surface area contributed by atoms with Crippen LogP contribution in [0.3, 0.4) is 0 Å². The highest BCUT2D eigenvalue weighted by Gasteiger charge is 2.24. The first-order chi connectivity index (χ1) is 13.0. The zero-order valence-electron chi connectivity index (χ0n) is 16.7. The molecular formula is C20H38N2O5. The molecule has 7 nitrogen and oxygen atoms in total. The van der Waals surface area contributed by atoms with E-state index in [1.54, 1.807) is 0 Å². The van der Waals surface area contributed by atoms with E-state index >= 15 is 0 Å². The summed E-state index contributed by atoms with van der Waals surface area (Å²) < 4.78 is 0. The van der Waals surface area contributed by atoms with Gasteiger partial charge in [-0.15, -0.1) is 0 Å². The number of nitrogens with zero attached hydrogens (tertiary/aromatic N) is 2. The van der Waals surface area contributed by atoms with Crippen molar-refractivity contribution in [1.29, 1.82) is 0 Å². The summed E-state index contributed by atoms with van der Waals surface area (Å²) in [7, 11) is 0. The Morgan fingerprint density at radius 1 is 0.741 bits per heavy atom. The Bertz CT molecular complexity index is 391. The number of hydrogen-bond donors (Lipinski definition) is 3. The summed E-state index contributed by atoms with van der Waals surface area (Å²) in [5.41, 5.74) is 0. The number of aliphatic hydroxyl groups is 1. The summed E-state index contributed by atoms with van der Waals surface area (Å²) in [5.74, 6) is -1.46. The molecule has 0 heterocycles. The van der Waals surface area contributed by atoms with Crippen molar-refractivity contribution in [3.8, 4) is 0 Å². The van der Waals surface area contributed by atoms with Crippen LogP contribution in [0.25, 0.3) is 0 Å². The van der Waals surface area contributed by atoms with Gasteiger partial charge in [0.05, 0.1) is 6.61 Å². The van der Waals surface area contributed by atoms with Crippen molar-refractivity contribution in [2.75, 3.05) is 39.3 Å². The van der Waals surface area contributed by atoms with Gasteiger partial charge in [-0.05, 0) is 51.6 Å². The monoisotopic (exact) mass is 386 g/mol. The summed E-state index contributed by atoms with van der Waals surface area (Å²) in [6.45, 7) is 4.74. The van der Waals surface area contributed by atoms with E-state index in [2.05, 4.69) is 9.80 Å². The van der Waals surface area contributed by atoms with Crippen LogP contribution in [-0.4, -0.2) is 82.4 Å². The molecular weight excluding hydrogens is 348 g/mol. The predicted octanol–water partition coefficient (Wildman–Crippen LogP) is 2.43. The minimum absolute atomic E-state index is 0.195. The van der Waals surface area contributed by atoms with Crippen LogP contribution in [0, 0.1) is 0 Å². The fourth-order valence-electron chi connectivity index (χ4n) is 3.54. The zero-order valence-corrected chi connectivity index (χ0v) is 16.7. The largest absolute Gasteiger partial charge is 0.481 e. The maximum absolute atomic E-state index is 10.6. The molecule has 0 aromatic heterocycles. The lowest BCUT2D eigenvalue weighted by atomic mass is 9.91. The lowest BCUT2D eigenvalue weighted by Crippen LogP contribution is -2.45. The standard InChI is InChI=1S/C20H38N2O5/c23-17-16-22(18-8-7-9-18)15-14-21(12-5-1-3-10-19(24)25)13-6-2-4-11-20(26)27/h18,23H,1-17H2,(H,24,25)(H,26,27). The van der Waals surface area contributed by atoms with Crippen LogP contribution in [0.15, 0.2) is 0 Å². The molecule has 158 valence electrons. The van der Waals surface area contributed by atoms with E-state index in [9.17, 15) is 14.7 Å². The zero-order chi connectivity index (χ0) is 19.9. The van der Waals surface area contributed by atoms with Gasteiger partial charge in [0.2, 0.25) is 0 Å². The van der Waals surface area contributed by atoms with Crippen molar-refractivity contribution in [2.24, 2.45) is 0 Å². The lowest BCUT2D eigenvalue weighted by molar-refractivity contribution is -0.138. The molecule has 0 spiro atoms. The van der Waals surface area contributed by atoms with Crippen LogP contribution in [0.5, 0.6) is 0 Å². The molecule has 7 heteroatoms. The first-order valence-corrected chi connectivity index (χ1v) is 10.5. The SMILES string of the molecule is O=C(O)CCCCCN(CCCCCC(=O)O)CCN(CCO)C1CCC1. The smallest absolute Gasteiger partial charge is 0.303 e. The van der Waals surface area contributed by atoms with Gasteiger partial charge in [-0.1, -0.05) is 19.3 Å². The average Bonchev–Trinajstić information content (AvgIpc) is 2.56. The van der Waals surface area contributed by atoms with Crippen molar-refractivity contribution in [2.45, 2.75) is 76.7 Å². The molecule has 3 N–H and O–H groups in total. The van der Waals surface area contributed by atoms with Gasteiger partial charge < -0.3 is 20.2 Å². The molecule has 1 saturated carbocycles. The third kappa shape index (κ3) is 12.0. The topological polar surface area (TPSA) is 101 Å². The highest BCUT2D eigenvalue weighted by atomic mass is 16.4. The van der Waals surface area contributed by atoms with Crippen molar-refractivity contribution >= 4 is 11.9 Å². The van der Waals surface area contributed by atoms with Crippen LogP contribution in [0.4, 0.5) is 0 Å². The molecule has 0 aliphatic heterocycles.